The SMILES string of the molecule is CCC(C)(C)C(=O)OC1CCN(S(=O)(=O)c2ccccc2-c2c3cc/c(=N\c4c(C)ccc(S(=O)(=O)NS(C)(=O)=O)c4C)cc-3oc3cc(Nc4c(C)cc(S(=O)(=O)NS(=O)(=O)C(F)(F)F)cc4C)ccc23)CC1. The lowest BCUT2D eigenvalue weighted by Gasteiger charge is -2.33. The van der Waals surface area contributed by atoms with Crippen molar-refractivity contribution in [2.24, 2.45) is 10.4 Å². The predicted octanol–water partition coefficient (Wildman–Crippen LogP) is 7.91. The molecule has 1 saturated heterocycles. The molecule has 3 N–H and O–H groups in total. The third-order valence-electron chi connectivity index (χ3n) is 12.6. The van der Waals surface area contributed by atoms with Crippen LogP contribution in [-0.2, 0) is 59.6 Å². The Morgan fingerprint density at radius 1 is 0.757 bits per heavy atom. The molecular formula is C48H52F3N5O13S5. The van der Waals surface area contributed by atoms with Crippen LogP contribution in [0.15, 0.2) is 109 Å². The van der Waals surface area contributed by atoms with Gasteiger partial charge in [0, 0.05) is 58.7 Å². The Bertz CT molecular complexity index is 3850. The molecule has 0 unspecified atom stereocenters. The van der Waals surface area contributed by atoms with E-state index < -0.39 is 72.0 Å². The number of benzene rings is 5. The molecule has 26 heteroatoms. The van der Waals surface area contributed by atoms with Gasteiger partial charge < -0.3 is 14.5 Å². The summed E-state index contributed by atoms with van der Waals surface area (Å²) in [5.74, 6) is -0.186. The Morgan fingerprint density at radius 3 is 2.00 bits per heavy atom. The Hall–Kier alpha value is -5.74. The first-order chi connectivity index (χ1) is 34.2. The highest BCUT2D eigenvalue weighted by Crippen LogP contribution is 2.44. The van der Waals surface area contributed by atoms with Crippen LogP contribution in [0.5, 0.6) is 0 Å². The van der Waals surface area contributed by atoms with Crippen LogP contribution < -0.4 is 18.9 Å². The monoisotopic (exact) mass is 1120 g/mol. The zero-order chi connectivity index (χ0) is 54.7. The van der Waals surface area contributed by atoms with Gasteiger partial charge in [-0.1, -0.05) is 35.3 Å². The van der Waals surface area contributed by atoms with E-state index in [1.165, 1.54) is 43.3 Å². The second kappa shape index (κ2) is 20.1. The topological polar surface area (TPSA) is 262 Å². The smallest absolute Gasteiger partial charge is 0.462 e. The molecule has 7 rings (SSSR count). The first-order valence-electron chi connectivity index (χ1n) is 22.6. The van der Waals surface area contributed by atoms with Crippen LogP contribution >= 0.6 is 0 Å². The Kier molecular flexibility index (Phi) is 15.2. The van der Waals surface area contributed by atoms with Crippen LogP contribution in [-0.4, -0.2) is 83.3 Å². The molecule has 3 aliphatic rings. The van der Waals surface area contributed by atoms with E-state index in [9.17, 15) is 60.1 Å². The van der Waals surface area contributed by atoms with Gasteiger partial charge in [0.2, 0.25) is 20.0 Å². The van der Waals surface area contributed by atoms with Crippen molar-refractivity contribution in [3.05, 3.63) is 113 Å². The minimum atomic E-state index is -6.27. The molecule has 2 aliphatic heterocycles. The van der Waals surface area contributed by atoms with Crippen molar-refractivity contribution in [2.45, 2.75) is 94.0 Å². The second-order valence-electron chi connectivity index (χ2n) is 18.5. The number of nitrogens with one attached hydrogen (secondary N) is 3. The molecule has 0 bridgehead atoms. The molecule has 1 aliphatic carbocycles. The van der Waals surface area contributed by atoms with Crippen molar-refractivity contribution in [1.82, 2.24) is 12.6 Å². The number of esters is 1. The summed E-state index contributed by atoms with van der Waals surface area (Å²) in [5.41, 5.74) is -3.39. The first-order valence-corrected chi connectivity index (χ1v) is 30.4. The van der Waals surface area contributed by atoms with Gasteiger partial charge in [-0.25, -0.2) is 47.1 Å². The number of carbonyl (C=O) groups is 1. The number of ether oxygens (including phenoxy) is 1. The first kappa shape index (κ1) is 56.0. The standard InChI is InChI=1S/C48H52F3N5O13S5/c1-9-47(6,7)46(57)68-34-20-22-56(23-21-34)73(64,65)42-13-11-10-12-38(42)43-36-17-15-32(52-44-29(3)24-35(25-30(44)4)71(60,61)55-74(66,67)48(49,50)51)26-39(36)69-40-27-33(16-18-37(40)43)53-45-28(2)14-19-41(31(45)5)72(62,63)54-70(8,58)59/h10-19,24-27,34,52,54-55H,9,20-23H2,1-8H3/b53-33+. The summed E-state index contributed by atoms with van der Waals surface area (Å²) in [6.45, 7) is 11.6. The Balaban J connectivity index is 1.37. The zero-order valence-corrected chi connectivity index (χ0v) is 45.2. The maximum atomic E-state index is 14.8. The van der Waals surface area contributed by atoms with Gasteiger partial charge >= 0.3 is 21.5 Å². The maximum Gasteiger partial charge on any atom is 0.512 e. The number of halogens is 3. The van der Waals surface area contributed by atoms with Crippen molar-refractivity contribution in [1.29, 1.82) is 0 Å². The minimum Gasteiger partial charge on any atom is -0.462 e. The fourth-order valence-corrected chi connectivity index (χ4v) is 15.3. The van der Waals surface area contributed by atoms with E-state index >= 15 is 0 Å². The van der Waals surface area contributed by atoms with E-state index in [0.29, 0.717) is 46.1 Å². The predicted molar refractivity (Wildman–Crippen MR) is 271 cm³/mol. The number of sulfonamides is 5. The molecule has 0 spiro atoms. The third-order valence-corrected chi connectivity index (χ3v) is 20.9. The molecule has 0 aromatic heterocycles. The second-order valence-corrected chi connectivity index (χ2v) is 27.7. The van der Waals surface area contributed by atoms with Gasteiger partial charge in [0.25, 0.3) is 20.0 Å². The molecule has 4 aromatic rings. The van der Waals surface area contributed by atoms with Gasteiger partial charge in [0.15, 0.2) is 0 Å². The fourth-order valence-electron chi connectivity index (χ4n) is 8.31. The Morgan fingerprint density at radius 2 is 1.39 bits per heavy atom. The van der Waals surface area contributed by atoms with Crippen LogP contribution in [0.25, 0.3) is 33.4 Å². The van der Waals surface area contributed by atoms with Gasteiger partial charge in [0.1, 0.15) is 17.4 Å². The van der Waals surface area contributed by atoms with Gasteiger partial charge in [-0.05, 0) is 132 Å². The molecule has 2 heterocycles. The number of hydrogen-bond donors (Lipinski definition) is 3. The molecule has 74 heavy (non-hydrogen) atoms. The van der Waals surface area contributed by atoms with Crippen LogP contribution in [0.4, 0.5) is 30.2 Å². The van der Waals surface area contributed by atoms with Crippen molar-refractivity contribution in [3.63, 3.8) is 0 Å². The number of anilines is 2. The Labute approximate surface area is 427 Å². The molecule has 18 nitrogen and oxygen atoms in total. The zero-order valence-electron chi connectivity index (χ0n) is 41.1. The highest BCUT2D eigenvalue weighted by Gasteiger charge is 2.48. The summed E-state index contributed by atoms with van der Waals surface area (Å²) in [4.78, 5) is 16.5. The molecule has 0 amide bonds. The van der Waals surface area contributed by atoms with Crippen molar-refractivity contribution in [2.75, 3.05) is 24.7 Å². The van der Waals surface area contributed by atoms with E-state index in [2.05, 4.69) is 5.32 Å². The van der Waals surface area contributed by atoms with Crippen LogP contribution in [0.3, 0.4) is 0 Å². The van der Waals surface area contributed by atoms with Gasteiger partial charge in [-0.2, -0.15) is 17.5 Å². The third kappa shape index (κ3) is 11.6. The van der Waals surface area contributed by atoms with E-state index in [4.69, 9.17) is 14.1 Å². The fraction of sp³-hybridized carbons (Fsp3) is 0.333. The summed E-state index contributed by atoms with van der Waals surface area (Å²) in [6, 6.07) is 20.8. The molecule has 0 atom stereocenters. The van der Waals surface area contributed by atoms with Crippen molar-refractivity contribution in [3.8, 4) is 22.5 Å². The summed E-state index contributed by atoms with van der Waals surface area (Å²) < 4.78 is 184. The molecule has 1 fully saturated rings. The lowest BCUT2D eigenvalue weighted by molar-refractivity contribution is -0.161. The minimum absolute atomic E-state index is 0.0434. The molecule has 0 radical (unpaired) electrons. The number of rotatable bonds is 15. The van der Waals surface area contributed by atoms with Crippen molar-refractivity contribution >= 4 is 84.1 Å². The van der Waals surface area contributed by atoms with Crippen molar-refractivity contribution < 1.29 is 69.2 Å². The number of nitrogens with zero attached hydrogens (tertiary/aromatic N) is 2. The average Bonchev–Trinajstić information content (AvgIpc) is 3.29. The summed E-state index contributed by atoms with van der Waals surface area (Å²) in [5, 5.41) is 3.85. The van der Waals surface area contributed by atoms with Crippen LogP contribution in [0, 0.1) is 33.1 Å². The van der Waals surface area contributed by atoms with E-state index in [1.807, 2.05) is 6.92 Å². The molecular weight excluding hydrogens is 1070 g/mol. The quantitative estimate of drug-likeness (QED) is 0.0652. The maximum absolute atomic E-state index is 14.8. The summed E-state index contributed by atoms with van der Waals surface area (Å²) in [6.07, 6.45) is 1.31. The summed E-state index contributed by atoms with van der Waals surface area (Å²) in [7, 11) is -24.5. The largest absolute Gasteiger partial charge is 0.512 e. The molecule has 4 aromatic carbocycles. The number of fused-ring (bicyclic) bond motifs is 2. The van der Waals surface area contributed by atoms with Crippen LogP contribution in [0.2, 0.25) is 0 Å². The normalized spacial score (nSPS) is 15.2. The number of alkyl halides is 3. The highest BCUT2D eigenvalue weighted by atomic mass is 32.3. The van der Waals surface area contributed by atoms with Gasteiger partial charge in [-0.3, -0.25) is 4.79 Å². The number of hydrogen-bond acceptors (Lipinski definition) is 15. The molecule has 0 saturated carbocycles. The van der Waals surface area contributed by atoms with E-state index in [1.54, 1.807) is 79.5 Å². The number of aryl methyl sites for hydroxylation is 3. The highest BCUT2D eigenvalue weighted by molar-refractivity contribution is 8.05. The van der Waals surface area contributed by atoms with Gasteiger partial charge in [-0.15, -0.1) is 4.13 Å². The van der Waals surface area contributed by atoms with Gasteiger partial charge in [0.05, 0.1) is 37.4 Å². The lowest BCUT2D eigenvalue weighted by atomic mass is 9.90. The summed E-state index contributed by atoms with van der Waals surface area (Å²) >= 11 is 0. The average molecular weight is 1120 g/mol. The number of piperidine rings is 1. The van der Waals surface area contributed by atoms with E-state index in [0.717, 1.165) is 16.3 Å². The number of carbonyl (C=O) groups excluding carboxylic acids is 1. The van der Waals surface area contributed by atoms with E-state index in [-0.39, 0.29) is 86.3 Å². The molecule has 398 valence electrons. The lowest BCUT2D eigenvalue weighted by Crippen LogP contribution is -2.42. The van der Waals surface area contributed by atoms with Crippen LogP contribution in [0.1, 0.15) is 62.3 Å².